The number of carbonyl (C=O) groups is 1. The summed E-state index contributed by atoms with van der Waals surface area (Å²) in [4.78, 5) is 10.9. The molecule has 0 spiro atoms. The van der Waals surface area contributed by atoms with Crippen molar-refractivity contribution in [3.63, 3.8) is 0 Å². The summed E-state index contributed by atoms with van der Waals surface area (Å²) in [6.45, 7) is 0. The van der Waals surface area contributed by atoms with E-state index in [2.05, 4.69) is 0 Å². The molecule has 1 amide bonds. The Morgan fingerprint density at radius 1 is 1.27 bits per heavy atom. The number of amides is 1. The van der Waals surface area contributed by atoms with Gasteiger partial charge in [-0.15, -0.1) is 0 Å². The van der Waals surface area contributed by atoms with Crippen molar-refractivity contribution in [2.45, 2.75) is 12.6 Å². The summed E-state index contributed by atoms with van der Waals surface area (Å²) in [6.07, 6.45) is -4.93. The van der Waals surface area contributed by atoms with Crippen LogP contribution in [0.1, 0.15) is 11.1 Å². The van der Waals surface area contributed by atoms with E-state index in [9.17, 15) is 22.4 Å². The van der Waals surface area contributed by atoms with Crippen LogP contribution in [-0.2, 0) is 17.4 Å². The Kier molecular flexibility index (Phi) is 1.95. The standard InChI is InChI=1S/C9H5F4NO/c10-6-2-1-5(9(11,12)13)8-4(6)3-7(15)14-8/h1-2H,3H2,(H,14,15). The van der Waals surface area contributed by atoms with Gasteiger partial charge in [0.05, 0.1) is 17.7 Å². The van der Waals surface area contributed by atoms with Crippen molar-refractivity contribution >= 4 is 11.6 Å². The quantitative estimate of drug-likeness (QED) is 0.666. The zero-order valence-electron chi connectivity index (χ0n) is 7.28. The maximum atomic E-state index is 13.1. The molecule has 0 aliphatic carbocycles. The van der Waals surface area contributed by atoms with Crippen LogP contribution in [0.3, 0.4) is 0 Å². The average molecular weight is 219 g/mol. The first-order valence-corrected chi connectivity index (χ1v) is 4.08. The van der Waals surface area contributed by atoms with Crippen molar-refractivity contribution in [3.8, 4) is 0 Å². The van der Waals surface area contributed by atoms with Crippen molar-refractivity contribution in [1.82, 2.24) is 0 Å². The fourth-order valence-electron chi connectivity index (χ4n) is 1.52. The first-order valence-electron chi connectivity index (χ1n) is 4.08. The molecular formula is C9H5F4NO. The minimum Gasteiger partial charge on any atom is -0.325 e. The van der Waals surface area contributed by atoms with Crippen LogP contribution in [0.5, 0.6) is 0 Å². The number of hydrogen-bond acceptors (Lipinski definition) is 1. The Morgan fingerprint density at radius 2 is 1.93 bits per heavy atom. The number of fused-ring (bicyclic) bond motifs is 1. The highest BCUT2D eigenvalue weighted by molar-refractivity contribution is 6.00. The molecule has 0 saturated carbocycles. The van der Waals surface area contributed by atoms with Gasteiger partial charge < -0.3 is 5.32 Å². The predicted octanol–water partition coefficient (Wildman–Crippen LogP) is 2.34. The highest BCUT2D eigenvalue weighted by Gasteiger charge is 2.38. The van der Waals surface area contributed by atoms with Crippen LogP contribution < -0.4 is 5.32 Å². The van der Waals surface area contributed by atoms with Gasteiger partial charge in [0.1, 0.15) is 5.82 Å². The van der Waals surface area contributed by atoms with Gasteiger partial charge in [0, 0.05) is 5.56 Å². The summed E-state index contributed by atoms with van der Waals surface area (Å²) >= 11 is 0. The molecule has 0 aromatic heterocycles. The number of hydrogen-bond donors (Lipinski definition) is 1. The smallest absolute Gasteiger partial charge is 0.325 e. The first-order chi connectivity index (χ1) is 6.89. The minimum atomic E-state index is -4.59. The number of halogens is 4. The summed E-state index contributed by atoms with van der Waals surface area (Å²) in [5.74, 6) is -1.42. The van der Waals surface area contributed by atoms with Crippen LogP contribution in [0.25, 0.3) is 0 Å². The summed E-state index contributed by atoms with van der Waals surface area (Å²) < 4.78 is 50.4. The fourth-order valence-corrected chi connectivity index (χ4v) is 1.52. The number of anilines is 1. The minimum absolute atomic E-state index is 0.213. The lowest BCUT2D eigenvalue weighted by molar-refractivity contribution is -0.136. The number of rotatable bonds is 0. The second kappa shape index (κ2) is 2.95. The van der Waals surface area contributed by atoms with E-state index in [0.29, 0.717) is 6.07 Å². The molecule has 1 N–H and O–H groups in total. The lowest BCUT2D eigenvalue weighted by Crippen LogP contribution is -2.10. The Morgan fingerprint density at radius 3 is 2.53 bits per heavy atom. The summed E-state index contributed by atoms with van der Waals surface area (Å²) in [5, 5.41) is 2.01. The maximum Gasteiger partial charge on any atom is 0.418 e. The number of carbonyl (C=O) groups excluding carboxylic acids is 1. The average Bonchev–Trinajstić information content (AvgIpc) is 2.45. The third kappa shape index (κ3) is 1.55. The van der Waals surface area contributed by atoms with Crippen LogP contribution in [0.15, 0.2) is 12.1 Å². The van der Waals surface area contributed by atoms with Crippen LogP contribution in [0.4, 0.5) is 23.2 Å². The molecule has 1 aliphatic rings. The van der Waals surface area contributed by atoms with E-state index in [4.69, 9.17) is 0 Å². The first kappa shape index (κ1) is 9.95. The fraction of sp³-hybridized carbons (Fsp3) is 0.222. The summed E-state index contributed by atoms with van der Waals surface area (Å²) in [6, 6.07) is 1.35. The molecule has 2 rings (SSSR count). The Balaban J connectivity index is 2.62. The predicted molar refractivity (Wildman–Crippen MR) is 43.7 cm³/mol. The zero-order chi connectivity index (χ0) is 11.2. The molecule has 1 aromatic rings. The molecule has 0 unspecified atom stereocenters. The molecule has 80 valence electrons. The van der Waals surface area contributed by atoms with Gasteiger partial charge in [-0.25, -0.2) is 4.39 Å². The van der Waals surface area contributed by atoms with E-state index in [-0.39, 0.29) is 12.0 Å². The molecule has 1 aromatic carbocycles. The topological polar surface area (TPSA) is 29.1 Å². The SMILES string of the molecule is O=C1Cc2c(F)ccc(C(F)(F)F)c2N1. The van der Waals surface area contributed by atoms with Crippen molar-refractivity contribution < 1.29 is 22.4 Å². The molecule has 0 fully saturated rings. The highest BCUT2D eigenvalue weighted by atomic mass is 19.4. The molecule has 6 heteroatoms. The van der Waals surface area contributed by atoms with Gasteiger partial charge in [-0.3, -0.25) is 4.79 Å². The van der Waals surface area contributed by atoms with E-state index < -0.39 is 29.2 Å². The Bertz CT molecular complexity index is 438. The van der Waals surface area contributed by atoms with E-state index in [1.54, 1.807) is 0 Å². The van der Waals surface area contributed by atoms with Gasteiger partial charge in [-0.05, 0) is 12.1 Å². The second-order valence-corrected chi connectivity index (χ2v) is 3.17. The van der Waals surface area contributed by atoms with Crippen molar-refractivity contribution in [1.29, 1.82) is 0 Å². The molecule has 0 bridgehead atoms. The number of alkyl halides is 3. The maximum absolute atomic E-state index is 13.1. The Labute approximate surface area is 81.9 Å². The molecule has 15 heavy (non-hydrogen) atoms. The molecule has 1 heterocycles. The summed E-state index contributed by atoms with van der Waals surface area (Å²) in [7, 11) is 0. The van der Waals surface area contributed by atoms with Crippen molar-refractivity contribution in [3.05, 3.63) is 29.1 Å². The van der Waals surface area contributed by atoms with Crippen LogP contribution in [0.2, 0.25) is 0 Å². The third-order valence-electron chi connectivity index (χ3n) is 2.16. The van der Waals surface area contributed by atoms with Crippen LogP contribution in [-0.4, -0.2) is 5.91 Å². The zero-order valence-corrected chi connectivity index (χ0v) is 7.28. The molecule has 0 atom stereocenters. The number of nitrogens with one attached hydrogen (secondary N) is 1. The molecular weight excluding hydrogens is 214 g/mol. The molecule has 0 radical (unpaired) electrons. The van der Waals surface area contributed by atoms with E-state index in [1.807, 2.05) is 5.32 Å². The van der Waals surface area contributed by atoms with Gasteiger partial charge in [0.25, 0.3) is 0 Å². The van der Waals surface area contributed by atoms with Gasteiger partial charge in [0.2, 0.25) is 5.91 Å². The van der Waals surface area contributed by atoms with E-state index in [0.717, 1.165) is 6.07 Å². The molecule has 0 saturated heterocycles. The summed E-state index contributed by atoms with van der Waals surface area (Å²) in [5.41, 5.74) is -1.67. The van der Waals surface area contributed by atoms with Crippen LogP contribution >= 0.6 is 0 Å². The largest absolute Gasteiger partial charge is 0.418 e. The van der Waals surface area contributed by atoms with Crippen molar-refractivity contribution in [2.24, 2.45) is 0 Å². The van der Waals surface area contributed by atoms with Gasteiger partial charge in [0.15, 0.2) is 0 Å². The van der Waals surface area contributed by atoms with Crippen molar-refractivity contribution in [2.75, 3.05) is 5.32 Å². The van der Waals surface area contributed by atoms with Gasteiger partial charge in [-0.1, -0.05) is 0 Å². The normalized spacial score (nSPS) is 15.1. The Hall–Kier alpha value is -1.59. The highest BCUT2D eigenvalue weighted by Crippen LogP contribution is 2.39. The van der Waals surface area contributed by atoms with E-state index >= 15 is 0 Å². The number of benzene rings is 1. The molecule has 1 aliphatic heterocycles. The third-order valence-corrected chi connectivity index (χ3v) is 2.16. The van der Waals surface area contributed by atoms with Gasteiger partial charge >= 0.3 is 6.18 Å². The lowest BCUT2D eigenvalue weighted by atomic mass is 10.1. The molecule has 2 nitrogen and oxygen atoms in total. The van der Waals surface area contributed by atoms with Gasteiger partial charge in [-0.2, -0.15) is 13.2 Å². The second-order valence-electron chi connectivity index (χ2n) is 3.17. The lowest BCUT2D eigenvalue weighted by Gasteiger charge is -2.11. The van der Waals surface area contributed by atoms with Crippen LogP contribution in [0, 0.1) is 5.82 Å². The van der Waals surface area contributed by atoms with E-state index in [1.165, 1.54) is 0 Å². The monoisotopic (exact) mass is 219 g/mol.